The molecular formula is C10H13IN2O3. The molecule has 0 atom stereocenters. The van der Waals surface area contributed by atoms with Gasteiger partial charge >= 0.3 is 5.97 Å². The molecule has 88 valence electrons. The van der Waals surface area contributed by atoms with Crippen LogP contribution in [0.15, 0.2) is 0 Å². The first-order valence-corrected chi connectivity index (χ1v) is 6.19. The molecule has 0 radical (unpaired) electrons. The summed E-state index contributed by atoms with van der Waals surface area (Å²) in [5.74, 6) is -0.388. The summed E-state index contributed by atoms with van der Waals surface area (Å²) in [5, 5.41) is 6.89. The Bertz CT molecular complexity index is 412. The van der Waals surface area contributed by atoms with Crippen molar-refractivity contribution in [1.82, 2.24) is 10.2 Å². The van der Waals surface area contributed by atoms with Gasteiger partial charge in [-0.1, -0.05) is 0 Å². The molecule has 6 heteroatoms. The van der Waals surface area contributed by atoms with Crippen molar-refractivity contribution in [2.75, 3.05) is 13.7 Å². The van der Waals surface area contributed by atoms with Crippen molar-refractivity contribution in [3.8, 4) is 0 Å². The minimum Gasteiger partial charge on any atom is -0.461 e. The maximum absolute atomic E-state index is 11.6. The normalized spacial score (nSPS) is 17.2. The number of hydrogen-bond donors (Lipinski definition) is 1. The van der Waals surface area contributed by atoms with Gasteiger partial charge in [-0.25, -0.2) is 4.79 Å². The molecular weight excluding hydrogens is 323 g/mol. The number of methoxy groups -OCH3 is 1. The van der Waals surface area contributed by atoms with E-state index in [0.717, 1.165) is 22.1 Å². The highest BCUT2D eigenvalue weighted by molar-refractivity contribution is 14.1. The third-order valence-electron chi connectivity index (χ3n) is 2.73. The van der Waals surface area contributed by atoms with Crippen molar-refractivity contribution in [2.24, 2.45) is 0 Å². The maximum Gasteiger partial charge on any atom is 0.359 e. The summed E-state index contributed by atoms with van der Waals surface area (Å²) < 4.78 is 11.2. The molecule has 5 nitrogen and oxygen atoms in total. The highest BCUT2D eigenvalue weighted by atomic mass is 127. The molecule has 1 fully saturated rings. The first kappa shape index (κ1) is 11.8. The summed E-state index contributed by atoms with van der Waals surface area (Å²) >= 11 is 2.11. The molecule has 0 unspecified atom stereocenters. The fraction of sp³-hybridized carbons (Fsp3) is 0.600. The van der Waals surface area contributed by atoms with E-state index in [1.807, 2.05) is 0 Å². The number of hydrogen-bond acceptors (Lipinski definition) is 4. The van der Waals surface area contributed by atoms with E-state index in [-0.39, 0.29) is 11.6 Å². The molecule has 1 aliphatic carbocycles. The average molecular weight is 336 g/mol. The molecule has 0 amide bonds. The lowest BCUT2D eigenvalue weighted by Gasteiger charge is -2.10. The van der Waals surface area contributed by atoms with E-state index >= 15 is 0 Å². The SMILES string of the molecule is CCOC(=O)c1n[nH]c(C2(OC)CC2)c1I. The number of H-pyrrole nitrogens is 1. The van der Waals surface area contributed by atoms with Crippen LogP contribution in [0.4, 0.5) is 0 Å². The van der Waals surface area contributed by atoms with E-state index in [9.17, 15) is 4.79 Å². The van der Waals surface area contributed by atoms with Crippen molar-refractivity contribution in [3.05, 3.63) is 15.0 Å². The molecule has 0 saturated heterocycles. The van der Waals surface area contributed by atoms with Gasteiger partial charge in [0.2, 0.25) is 0 Å². The summed E-state index contributed by atoms with van der Waals surface area (Å²) in [4.78, 5) is 11.6. The smallest absolute Gasteiger partial charge is 0.359 e. The van der Waals surface area contributed by atoms with Gasteiger partial charge in [0, 0.05) is 7.11 Å². The average Bonchev–Trinajstić information content (AvgIpc) is 2.97. The standard InChI is InChI=1S/C10H13IN2O3/c1-3-16-9(14)7-6(11)8(13-12-7)10(15-2)4-5-10/h3-5H2,1-2H3,(H,12,13). The number of ether oxygens (including phenoxy) is 2. The van der Waals surface area contributed by atoms with Crippen LogP contribution in [0.2, 0.25) is 0 Å². The van der Waals surface area contributed by atoms with Gasteiger partial charge in [0.05, 0.1) is 15.9 Å². The predicted octanol–water partition coefficient (Wildman–Crippen LogP) is 1.83. The second-order valence-electron chi connectivity index (χ2n) is 3.68. The number of carbonyl (C=O) groups excluding carboxylic acids is 1. The van der Waals surface area contributed by atoms with Crippen molar-refractivity contribution in [1.29, 1.82) is 0 Å². The van der Waals surface area contributed by atoms with Gasteiger partial charge in [-0.2, -0.15) is 5.10 Å². The monoisotopic (exact) mass is 336 g/mol. The molecule has 0 aromatic carbocycles. The minimum atomic E-state index is -0.388. The lowest BCUT2D eigenvalue weighted by Crippen LogP contribution is -2.12. The van der Waals surface area contributed by atoms with Gasteiger partial charge in [-0.3, -0.25) is 5.10 Å². The Morgan fingerprint density at radius 1 is 1.62 bits per heavy atom. The van der Waals surface area contributed by atoms with Gasteiger partial charge in [0.15, 0.2) is 5.69 Å². The van der Waals surface area contributed by atoms with Crippen LogP contribution in [0.25, 0.3) is 0 Å². The van der Waals surface area contributed by atoms with Gasteiger partial charge in [-0.05, 0) is 42.4 Å². The summed E-state index contributed by atoms with van der Waals surface area (Å²) in [6.07, 6.45) is 1.92. The Hall–Kier alpha value is -0.630. The number of nitrogens with zero attached hydrogens (tertiary/aromatic N) is 1. The number of esters is 1. The molecule has 1 saturated carbocycles. The predicted molar refractivity (Wildman–Crippen MR) is 65.2 cm³/mol. The second kappa shape index (κ2) is 4.33. The maximum atomic E-state index is 11.6. The third kappa shape index (κ3) is 1.84. The minimum absolute atomic E-state index is 0.256. The van der Waals surface area contributed by atoms with Gasteiger partial charge in [0.1, 0.15) is 5.60 Å². The summed E-state index contributed by atoms with van der Waals surface area (Å²) in [6.45, 7) is 2.13. The summed E-state index contributed by atoms with van der Waals surface area (Å²) in [7, 11) is 1.67. The quantitative estimate of drug-likeness (QED) is 0.673. The first-order valence-electron chi connectivity index (χ1n) is 5.11. The number of carbonyl (C=O) groups is 1. The molecule has 1 heterocycles. The van der Waals surface area contributed by atoms with Crippen molar-refractivity contribution >= 4 is 28.6 Å². The van der Waals surface area contributed by atoms with Gasteiger partial charge in [-0.15, -0.1) is 0 Å². The Kier molecular flexibility index (Phi) is 3.20. The summed E-state index contributed by atoms with van der Waals surface area (Å²) in [5.41, 5.74) is 0.980. The Morgan fingerprint density at radius 3 is 2.81 bits per heavy atom. The number of rotatable bonds is 4. The van der Waals surface area contributed by atoms with E-state index in [2.05, 4.69) is 32.8 Å². The zero-order chi connectivity index (χ0) is 11.8. The molecule has 0 bridgehead atoms. The van der Waals surface area contributed by atoms with E-state index in [1.165, 1.54) is 0 Å². The van der Waals surface area contributed by atoms with Crippen molar-refractivity contribution in [3.63, 3.8) is 0 Å². The number of aromatic nitrogens is 2. The van der Waals surface area contributed by atoms with Crippen LogP contribution in [-0.4, -0.2) is 29.9 Å². The molecule has 0 aliphatic heterocycles. The van der Waals surface area contributed by atoms with Crippen LogP contribution in [0.5, 0.6) is 0 Å². The fourth-order valence-corrected chi connectivity index (χ4v) is 2.59. The van der Waals surface area contributed by atoms with Crippen LogP contribution in [0, 0.1) is 3.57 Å². The molecule has 1 N–H and O–H groups in total. The van der Waals surface area contributed by atoms with Crippen molar-refractivity contribution in [2.45, 2.75) is 25.4 Å². The van der Waals surface area contributed by atoms with Crippen LogP contribution in [0.3, 0.4) is 0 Å². The lowest BCUT2D eigenvalue weighted by molar-refractivity contribution is 0.0518. The Balaban J connectivity index is 2.28. The highest BCUT2D eigenvalue weighted by Gasteiger charge is 2.48. The molecule has 16 heavy (non-hydrogen) atoms. The van der Waals surface area contributed by atoms with Gasteiger partial charge in [0.25, 0.3) is 0 Å². The van der Waals surface area contributed by atoms with Crippen LogP contribution >= 0.6 is 22.6 Å². The molecule has 1 aliphatic rings. The lowest BCUT2D eigenvalue weighted by atomic mass is 10.2. The Morgan fingerprint density at radius 2 is 2.31 bits per heavy atom. The summed E-state index contributed by atoms with van der Waals surface area (Å²) in [6, 6.07) is 0. The van der Waals surface area contributed by atoms with E-state index in [0.29, 0.717) is 12.3 Å². The second-order valence-corrected chi connectivity index (χ2v) is 4.76. The largest absolute Gasteiger partial charge is 0.461 e. The van der Waals surface area contributed by atoms with Crippen molar-refractivity contribution < 1.29 is 14.3 Å². The van der Waals surface area contributed by atoms with E-state index in [4.69, 9.17) is 9.47 Å². The molecule has 1 aromatic rings. The van der Waals surface area contributed by atoms with Gasteiger partial charge < -0.3 is 9.47 Å². The van der Waals surface area contributed by atoms with Crippen LogP contribution in [-0.2, 0) is 15.1 Å². The fourth-order valence-electron chi connectivity index (χ4n) is 1.63. The number of aromatic amines is 1. The highest BCUT2D eigenvalue weighted by Crippen LogP contribution is 2.49. The first-order chi connectivity index (χ1) is 7.64. The number of nitrogens with one attached hydrogen (secondary N) is 1. The van der Waals surface area contributed by atoms with Crippen LogP contribution < -0.4 is 0 Å². The molecule has 2 rings (SSSR count). The Labute approximate surface area is 107 Å². The van der Waals surface area contributed by atoms with Crippen LogP contribution in [0.1, 0.15) is 35.9 Å². The van der Waals surface area contributed by atoms with E-state index < -0.39 is 0 Å². The van der Waals surface area contributed by atoms with E-state index in [1.54, 1.807) is 14.0 Å². The topological polar surface area (TPSA) is 64.2 Å². The number of halogens is 1. The zero-order valence-corrected chi connectivity index (χ0v) is 11.3. The molecule has 1 aromatic heterocycles. The zero-order valence-electron chi connectivity index (χ0n) is 9.17. The third-order valence-corrected chi connectivity index (χ3v) is 3.78. The molecule has 0 spiro atoms.